The lowest BCUT2D eigenvalue weighted by Gasteiger charge is -2.31. The zero-order valence-electron chi connectivity index (χ0n) is 14.1. The molecule has 0 spiro atoms. The molecular weight excluding hydrogens is 316 g/mol. The van der Waals surface area contributed by atoms with Crippen LogP contribution in [0.3, 0.4) is 0 Å². The molecule has 24 heavy (non-hydrogen) atoms. The van der Waals surface area contributed by atoms with Crippen LogP contribution < -0.4 is 0 Å². The van der Waals surface area contributed by atoms with Gasteiger partial charge in [0.05, 0.1) is 6.10 Å². The summed E-state index contributed by atoms with van der Waals surface area (Å²) in [5.74, 6) is 0.725. The summed E-state index contributed by atoms with van der Waals surface area (Å²) in [5.41, 5.74) is 1.21. The van der Waals surface area contributed by atoms with Gasteiger partial charge in [-0.2, -0.15) is 0 Å². The fourth-order valence-electron chi connectivity index (χ4n) is 3.55. The first kappa shape index (κ1) is 17.2. The SMILES string of the molecule is CO[C@@H](c1ccccc1)C1CCCC(=O)CC1Sc1ccccc1. The smallest absolute Gasteiger partial charge is 0.134 e. The third-order valence-corrected chi connectivity index (χ3v) is 6.06. The number of carbonyl (C=O) groups is 1. The minimum atomic E-state index is 0.0401. The number of ketones is 1. The van der Waals surface area contributed by atoms with E-state index in [0.717, 1.165) is 12.8 Å². The maximum absolute atomic E-state index is 12.2. The Kier molecular flexibility index (Phi) is 6.11. The van der Waals surface area contributed by atoms with Gasteiger partial charge in [0.25, 0.3) is 0 Å². The number of ether oxygens (including phenoxy) is 1. The number of hydrogen-bond acceptors (Lipinski definition) is 3. The quantitative estimate of drug-likeness (QED) is 0.691. The van der Waals surface area contributed by atoms with Gasteiger partial charge in [0, 0.05) is 36.0 Å². The van der Waals surface area contributed by atoms with Crippen molar-refractivity contribution in [2.24, 2.45) is 5.92 Å². The van der Waals surface area contributed by atoms with Gasteiger partial charge in [-0.05, 0) is 30.5 Å². The van der Waals surface area contributed by atoms with Crippen LogP contribution in [0.15, 0.2) is 65.6 Å². The second kappa shape index (κ2) is 8.50. The van der Waals surface area contributed by atoms with Crippen molar-refractivity contribution in [1.29, 1.82) is 0 Å². The average molecular weight is 340 g/mol. The van der Waals surface area contributed by atoms with Gasteiger partial charge in [-0.1, -0.05) is 48.5 Å². The number of Topliss-reactive ketones (excluding diaryl/α,β-unsaturated/α-hetero) is 1. The van der Waals surface area contributed by atoms with Crippen LogP contribution in [0, 0.1) is 5.92 Å². The van der Waals surface area contributed by atoms with Crippen LogP contribution in [0.25, 0.3) is 0 Å². The van der Waals surface area contributed by atoms with Gasteiger partial charge in [0.1, 0.15) is 5.78 Å². The number of rotatable bonds is 5. The van der Waals surface area contributed by atoms with E-state index in [1.54, 1.807) is 7.11 Å². The third kappa shape index (κ3) is 4.28. The second-order valence-corrected chi connectivity index (χ2v) is 7.65. The minimum absolute atomic E-state index is 0.0401. The largest absolute Gasteiger partial charge is 0.376 e. The average Bonchev–Trinajstić information content (AvgIpc) is 2.79. The summed E-state index contributed by atoms with van der Waals surface area (Å²) in [4.78, 5) is 13.4. The molecule has 0 bridgehead atoms. The summed E-state index contributed by atoms with van der Waals surface area (Å²) in [7, 11) is 1.79. The molecule has 0 aliphatic heterocycles. The molecule has 2 unspecified atom stereocenters. The fraction of sp³-hybridized carbons (Fsp3) is 0.381. The molecule has 1 saturated carbocycles. The van der Waals surface area contributed by atoms with Crippen molar-refractivity contribution in [2.45, 2.75) is 41.9 Å². The van der Waals surface area contributed by atoms with E-state index in [1.165, 1.54) is 10.5 Å². The number of benzene rings is 2. The Morgan fingerprint density at radius 3 is 2.38 bits per heavy atom. The standard InChI is InChI=1S/C21H24O2S/c1-23-21(16-9-4-2-5-10-16)19-14-8-11-17(22)15-20(19)24-18-12-6-3-7-13-18/h2-7,9-10,12-13,19-21H,8,11,14-15H2,1H3/t19?,20?,21-/m0/s1. The predicted octanol–water partition coefficient (Wildman–Crippen LogP) is 5.29. The van der Waals surface area contributed by atoms with Crippen molar-refractivity contribution in [2.75, 3.05) is 7.11 Å². The zero-order chi connectivity index (χ0) is 16.8. The molecule has 2 aromatic carbocycles. The predicted molar refractivity (Wildman–Crippen MR) is 99.2 cm³/mol. The van der Waals surface area contributed by atoms with E-state index in [9.17, 15) is 4.79 Å². The van der Waals surface area contributed by atoms with E-state index in [0.29, 0.717) is 24.5 Å². The Labute approximate surface area is 148 Å². The lowest BCUT2D eigenvalue weighted by molar-refractivity contribution is -0.118. The normalized spacial score (nSPS) is 22.8. The van der Waals surface area contributed by atoms with Gasteiger partial charge in [-0.25, -0.2) is 0 Å². The van der Waals surface area contributed by atoms with E-state index in [1.807, 2.05) is 23.9 Å². The summed E-state index contributed by atoms with van der Waals surface area (Å²) >= 11 is 1.83. The van der Waals surface area contributed by atoms with E-state index in [-0.39, 0.29) is 11.4 Å². The van der Waals surface area contributed by atoms with Gasteiger partial charge in [0.2, 0.25) is 0 Å². The van der Waals surface area contributed by atoms with Gasteiger partial charge in [0.15, 0.2) is 0 Å². The Bertz CT molecular complexity index is 641. The molecule has 1 aliphatic rings. The highest BCUT2D eigenvalue weighted by molar-refractivity contribution is 8.00. The van der Waals surface area contributed by atoms with Crippen LogP contribution in [-0.2, 0) is 9.53 Å². The summed E-state index contributed by atoms with van der Waals surface area (Å²) in [5, 5.41) is 0.257. The van der Waals surface area contributed by atoms with Crippen LogP contribution in [-0.4, -0.2) is 18.1 Å². The molecule has 0 amide bonds. The van der Waals surface area contributed by atoms with Crippen LogP contribution >= 0.6 is 11.8 Å². The van der Waals surface area contributed by atoms with Crippen LogP contribution in [0.1, 0.15) is 37.4 Å². The third-order valence-electron chi connectivity index (χ3n) is 4.70. The van der Waals surface area contributed by atoms with E-state index in [4.69, 9.17) is 4.74 Å². The van der Waals surface area contributed by atoms with E-state index in [2.05, 4.69) is 48.5 Å². The van der Waals surface area contributed by atoms with Crippen LogP contribution in [0.5, 0.6) is 0 Å². The summed E-state index contributed by atoms with van der Waals surface area (Å²) in [6, 6.07) is 20.8. The first-order valence-corrected chi connectivity index (χ1v) is 9.47. The van der Waals surface area contributed by atoms with Gasteiger partial charge >= 0.3 is 0 Å². The fourth-order valence-corrected chi connectivity index (χ4v) is 4.94. The van der Waals surface area contributed by atoms with Crippen molar-refractivity contribution in [3.63, 3.8) is 0 Å². The lowest BCUT2D eigenvalue weighted by atomic mass is 9.89. The first-order chi connectivity index (χ1) is 11.8. The van der Waals surface area contributed by atoms with Crippen LogP contribution in [0.2, 0.25) is 0 Å². The molecule has 1 aliphatic carbocycles. The lowest BCUT2D eigenvalue weighted by Crippen LogP contribution is -2.26. The molecule has 3 rings (SSSR count). The number of carbonyl (C=O) groups excluding carboxylic acids is 1. The summed E-state index contributed by atoms with van der Waals surface area (Å²) in [6.07, 6.45) is 3.37. The molecule has 1 fully saturated rings. The Morgan fingerprint density at radius 2 is 1.71 bits per heavy atom. The molecule has 3 atom stereocenters. The van der Waals surface area contributed by atoms with Crippen molar-refractivity contribution in [3.8, 4) is 0 Å². The molecule has 0 radical (unpaired) electrons. The highest BCUT2D eigenvalue weighted by Crippen LogP contribution is 2.42. The highest BCUT2D eigenvalue weighted by Gasteiger charge is 2.34. The highest BCUT2D eigenvalue weighted by atomic mass is 32.2. The van der Waals surface area contributed by atoms with Gasteiger partial charge in [-0.15, -0.1) is 11.8 Å². The first-order valence-electron chi connectivity index (χ1n) is 8.59. The Morgan fingerprint density at radius 1 is 1.04 bits per heavy atom. The maximum atomic E-state index is 12.2. The minimum Gasteiger partial charge on any atom is -0.376 e. The maximum Gasteiger partial charge on any atom is 0.134 e. The van der Waals surface area contributed by atoms with Crippen molar-refractivity contribution in [3.05, 3.63) is 66.2 Å². The molecular formula is C21H24O2S. The number of hydrogen-bond donors (Lipinski definition) is 0. The molecule has 0 aromatic heterocycles. The van der Waals surface area contributed by atoms with Crippen molar-refractivity contribution in [1.82, 2.24) is 0 Å². The van der Waals surface area contributed by atoms with E-state index >= 15 is 0 Å². The topological polar surface area (TPSA) is 26.3 Å². The zero-order valence-corrected chi connectivity index (χ0v) is 14.9. The molecule has 2 nitrogen and oxygen atoms in total. The Hall–Kier alpha value is -1.58. The van der Waals surface area contributed by atoms with Crippen LogP contribution in [0.4, 0.5) is 0 Å². The molecule has 0 heterocycles. The molecule has 3 heteroatoms. The van der Waals surface area contributed by atoms with Gasteiger partial charge in [-0.3, -0.25) is 4.79 Å². The van der Waals surface area contributed by atoms with Gasteiger partial charge < -0.3 is 4.74 Å². The molecule has 0 saturated heterocycles. The molecule has 0 N–H and O–H groups in total. The number of thioether (sulfide) groups is 1. The van der Waals surface area contributed by atoms with Crippen molar-refractivity contribution >= 4 is 17.5 Å². The summed E-state index contributed by atoms with van der Waals surface area (Å²) in [6.45, 7) is 0. The Balaban J connectivity index is 1.87. The monoisotopic (exact) mass is 340 g/mol. The number of methoxy groups -OCH3 is 1. The summed E-state index contributed by atoms with van der Waals surface area (Å²) < 4.78 is 5.91. The van der Waals surface area contributed by atoms with E-state index < -0.39 is 0 Å². The van der Waals surface area contributed by atoms with Crippen molar-refractivity contribution < 1.29 is 9.53 Å². The second-order valence-electron chi connectivity index (χ2n) is 6.34. The molecule has 2 aromatic rings. The molecule has 126 valence electrons.